The second-order valence-electron chi connectivity index (χ2n) is 4.76. The first-order valence-electron chi connectivity index (χ1n) is 6.22. The zero-order valence-corrected chi connectivity index (χ0v) is 11.2. The first kappa shape index (κ1) is 12.5. The second-order valence-corrected chi connectivity index (χ2v) is 5.93. The molecule has 3 atom stereocenters. The number of alkyl halides is 1. The van der Waals surface area contributed by atoms with Gasteiger partial charge in [0.25, 0.3) is 0 Å². The number of fused-ring (bicyclic) bond motifs is 1. The Kier molecular flexibility index (Phi) is 3.00. The van der Waals surface area contributed by atoms with Crippen LogP contribution in [0.25, 0.3) is 0 Å². The molecular formula is C12H14FN3O2S. The van der Waals surface area contributed by atoms with Crippen LogP contribution >= 0.6 is 11.3 Å². The number of rotatable bonds is 5. The summed E-state index contributed by atoms with van der Waals surface area (Å²) < 4.78 is 12.9. The lowest BCUT2D eigenvalue weighted by Crippen LogP contribution is -2.22. The molecule has 0 aromatic carbocycles. The van der Waals surface area contributed by atoms with Gasteiger partial charge in [-0.15, -0.1) is 11.3 Å². The third-order valence-corrected chi connectivity index (χ3v) is 4.82. The van der Waals surface area contributed by atoms with Crippen LogP contribution in [0.4, 0.5) is 4.39 Å². The molecule has 2 aliphatic rings. The highest BCUT2D eigenvalue weighted by Gasteiger charge is 2.60. The maximum atomic E-state index is 12.9. The Morgan fingerprint density at radius 3 is 3.00 bits per heavy atom. The lowest BCUT2D eigenvalue weighted by molar-refractivity contribution is -0.139. The first-order chi connectivity index (χ1) is 9.15. The number of hydrogen-bond donors (Lipinski definition) is 1. The van der Waals surface area contributed by atoms with Crippen LogP contribution in [0.15, 0.2) is 5.10 Å². The van der Waals surface area contributed by atoms with E-state index in [1.165, 1.54) is 11.3 Å². The smallest absolute Gasteiger partial charge is 0.309 e. The van der Waals surface area contributed by atoms with Gasteiger partial charge in [0.15, 0.2) is 0 Å². The number of halogens is 1. The van der Waals surface area contributed by atoms with Crippen molar-refractivity contribution in [3.05, 3.63) is 15.6 Å². The quantitative estimate of drug-likeness (QED) is 0.892. The molecule has 1 N–H and O–H groups in total. The molecular weight excluding hydrogens is 269 g/mol. The molecule has 1 aliphatic heterocycles. The van der Waals surface area contributed by atoms with Crippen molar-refractivity contribution in [3.63, 3.8) is 0 Å². The number of hydrogen-bond acceptors (Lipinski definition) is 5. The summed E-state index contributed by atoms with van der Waals surface area (Å²) in [5.74, 6) is -1.14. The lowest BCUT2D eigenvalue weighted by atomic mass is 10.3. The molecule has 5 nitrogen and oxygen atoms in total. The maximum absolute atomic E-state index is 12.9. The molecule has 0 spiro atoms. The van der Waals surface area contributed by atoms with E-state index >= 15 is 0 Å². The van der Waals surface area contributed by atoms with Gasteiger partial charge in [0.2, 0.25) is 0 Å². The van der Waals surface area contributed by atoms with Crippen LogP contribution in [0.5, 0.6) is 0 Å². The molecule has 102 valence electrons. The number of hydrazone groups is 1. The van der Waals surface area contributed by atoms with Crippen LogP contribution in [-0.4, -0.2) is 33.3 Å². The maximum Gasteiger partial charge on any atom is 0.309 e. The monoisotopic (exact) mass is 283 g/mol. The van der Waals surface area contributed by atoms with Crippen molar-refractivity contribution in [1.82, 2.24) is 9.99 Å². The van der Waals surface area contributed by atoms with Gasteiger partial charge in [0.05, 0.1) is 34.1 Å². The van der Waals surface area contributed by atoms with E-state index in [4.69, 9.17) is 5.11 Å². The van der Waals surface area contributed by atoms with Crippen LogP contribution < -0.4 is 0 Å². The fourth-order valence-electron chi connectivity index (χ4n) is 2.55. The number of aliphatic carboxylic acids is 1. The van der Waals surface area contributed by atoms with Crippen LogP contribution in [0.2, 0.25) is 0 Å². The van der Waals surface area contributed by atoms with Crippen molar-refractivity contribution < 1.29 is 14.3 Å². The van der Waals surface area contributed by atoms with Gasteiger partial charge in [-0.25, -0.2) is 9.37 Å². The molecule has 19 heavy (non-hydrogen) atoms. The number of carboxylic acid groups (broad SMARTS) is 1. The fraction of sp³-hybridized carbons (Fsp3) is 0.583. The van der Waals surface area contributed by atoms with E-state index in [9.17, 15) is 9.18 Å². The van der Waals surface area contributed by atoms with Gasteiger partial charge in [-0.1, -0.05) is 6.92 Å². The Balaban J connectivity index is 1.74. The van der Waals surface area contributed by atoms with Gasteiger partial charge in [-0.05, 0) is 6.42 Å². The van der Waals surface area contributed by atoms with E-state index in [1.807, 2.05) is 6.92 Å². The standard InChI is InChI=1S/C12H14FN3O2S/c1-2-9-15-7(8(3-13)19-9)5-16-11-6(4-14-16)10(11)12(17)18/h4,6,10-11H,2-3,5H2,1H3,(H,17,18)/t6-,10?,11?/m1/s1. The predicted molar refractivity (Wildman–Crippen MR) is 68.7 cm³/mol. The van der Waals surface area contributed by atoms with Crippen LogP contribution in [0, 0.1) is 11.8 Å². The fourth-order valence-corrected chi connectivity index (χ4v) is 3.42. The molecule has 0 radical (unpaired) electrons. The van der Waals surface area contributed by atoms with E-state index in [2.05, 4.69) is 10.1 Å². The van der Waals surface area contributed by atoms with Crippen LogP contribution in [-0.2, 0) is 24.4 Å². The van der Waals surface area contributed by atoms with Crippen molar-refractivity contribution in [3.8, 4) is 0 Å². The summed E-state index contributed by atoms with van der Waals surface area (Å²) in [5.41, 5.74) is 0.693. The highest BCUT2D eigenvalue weighted by Crippen LogP contribution is 2.46. The minimum atomic E-state index is -0.788. The highest BCUT2D eigenvalue weighted by molar-refractivity contribution is 7.11. The summed E-state index contributed by atoms with van der Waals surface area (Å²) in [6, 6.07) is -0.0725. The zero-order valence-electron chi connectivity index (χ0n) is 10.4. The van der Waals surface area contributed by atoms with E-state index < -0.39 is 12.6 Å². The zero-order chi connectivity index (χ0) is 13.6. The molecule has 2 unspecified atom stereocenters. The largest absolute Gasteiger partial charge is 0.481 e. The van der Waals surface area contributed by atoms with Gasteiger partial charge in [0.1, 0.15) is 6.67 Å². The summed E-state index contributed by atoms with van der Waals surface area (Å²) in [5, 5.41) is 15.9. The Labute approximate surface area is 113 Å². The highest BCUT2D eigenvalue weighted by atomic mass is 32.1. The molecule has 1 saturated carbocycles. The molecule has 1 aliphatic carbocycles. The number of nitrogens with zero attached hydrogens (tertiary/aromatic N) is 3. The van der Waals surface area contributed by atoms with E-state index in [-0.39, 0.29) is 17.9 Å². The lowest BCUT2D eigenvalue weighted by Gasteiger charge is -2.15. The number of carboxylic acids is 1. The molecule has 2 heterocycles. The summed E-state index contributed by atoms with van der Waals surface area (Å²) in [4.78, 5) is 16.0. The topological polar surface area (TPSA) is 65.8 Å². The molecule has 0 saturated heterocycles. The molecule has 1 aromatic heterocycles. The van der Waals surface area contributed by atoms with Crippen molar-refractivity contribution in [2.24, 2.45) is 16.9 Å². The number of carbonyl (C=O) groups is 1. The average molecular weight is 283 g/mol. The summed E-state index contributed by atoms with van der Waals surface area (Å²) in [7, 11) is 0. The SMILES string of the molecule is CCc1nc(CN2N=C[C@@H]3C(C(=O)O)C32)c(CF)s1. The van der Waals surface area contributed by atoms with E-state index in [0.29, 0.717) is 17.1 Å². The minimum Gasteiger partial charge on any atom is -0.481 e. The van der Waals surface area contributed by atoms with E-state index in [0.717, 1.165) is 11.4 Å². The molecule has 1 aromatic rings. The van der Waals surface area contributed by atoms with Gasteiger partial charge in [0, 0.05) is 12.1 Å². The summed E-state index contributed by atoms with van der Waals surface area (Å²) in [6.07, 6.45) is 2.47. The molecule has 7 heteroatoms. The van der Waals surface area contributed by atoms with Crippen molar-refractivity contribution in [2.75, 3.05) is 0 Å². The van der Waals surface area contributed by atoms with E-state index in [1.54, 1.807) is 11.2 Å². The van der Waals surface area contributed by atoms with Gasteiger partial charge in [-0.3, -0.25) is 9.80 Å². The van der Waals surface area contributed by atoms with Crippen LogP contribution in [0.3, 0.4) is 0 Å². The Morgan fingerprint density at radius 2 is 2.42 bits per heavy atom. The first-order valence-corrected chi connectivity index (χ1v) is 7.04. The van der Waals surface area contributed by atoms with Crippen molar-refractivity contribution in [2.45, 2.75) is 32.6 Å². The van der Waals surface area contributed by atoms with Crippen molar-refractivity contribution in [1.29, 1.82) is 0 Å². The minimum absolute atomic E-state index is 0.00982. The number of aromatic nitrogens is 1. The Hall–Kier alpha value is -1.50. The molecule has 3 rings (SSSR count). The molecule has 0 bridgehead atoms. The molecule has 0 amide bonds. The van der Waals surface area contributed by atoms with Crippen molar-refractivity contribution >= 4 is 23.5 Å². The second kappa shape index (κ2) is 4.56. The Morgan fingerprint density at radius 1 is 1.63 bits per heavy atom. The summed E-state index contributed by atoms with van der Waals surface area (Å²) >= 11 is 1.38. The normalized spacial score (nSPS) is 27.7. The third kappa shape index (κ3) is 2.01. The number of aryl methyl sites for hydroxylation is 1. The van der Waals surface area contributed by atoms with Gasteiger partial charge >= 0.3 is 5.97 Å². The predicted octanol–water partition coefficient (Wildman–Crippen LogP) is 1.68. The number of thiazole rings is 1. The van der Waals surface area contributed by atoms with Gasteiger partial charge < -0.3 is 5.11 Å². The van der Waals surface area contributed by atoms with Gasteiger partial charge in [-0.2, -0.15) is 5.10 Å². The Bertz CT molecular complexity index is 545. The average Bonchev–Trinajstić information content (AvgIpc) is 2.78. The molecule has 1 fully saturated rings. The third-order valence-electron chi connectivity index (χ3n) is 3.61. The summed E-state index contributed by atoms with van der Waals surface area (Å²) in [6.45, 7) is 1.86. The van der Waals surface area contributed by atoms with Crippen LogP contribution in [0.1, 0.15) is 22.5 Å².